The Hall–Kier alpha value is -1.89. The van der Waals surface area contributed by atoms with Gasteiger partial charge in [0.2, 0.25) is 7.14 Å². The first-order chi connectivity index (χ1) is 10.1. The fraction of sp³-hybridized carbons (Fsp3) is 0.125. The molecule has 0 atom stereocenters. The lowest BCUT2D eigenvalue weighted by molar-refractivity contribution is -0.589. The van der Waals surface area contributed by atoms with E-state index in [-0.39, 0.29) is 11.9 Å². The molecule has 0 radical (unpaired) electrons. The van der Waals surface area contributed by atoms with Crippen LogP contribution in [-0.4, -0.2) is 26.2 Å². The maximum absolute atomic E-state index is 11.6. The number of halogens is 1. The van der Waals surface area contributed by atoms with Crippen LogP contribution in [0.1, 0.15) is 20.7 Å². The molecule has 5 heteroatoms. The van der Waals surface area contributed by atoms with E-state index >= 15 is 0 Å². The first-order valence-electron chi connectivity index (χ1n) is 6.24. The van der Waals surface area contributed by atoms with Crippen molar-refractivity contribution in [1.29, 1.82) is 0 Å². The Balaban J connectivity index is 2.01. The molecule has 0 unspecified atom stereocenters. The molecule has 1 heterocycles. The van der Waals surface area contributed by atoms with E-state index in [2.05, 4.69) is 0 Å². The highest BCUT2D eigenvalue weighted by Gasteiger charge is 2.35. The van der Waals surface area contributed by atoms with Crippen LogP contribution < -0.4 is 21.2 Å². The van der Waals surface area contributed by atoms with Crippen LogP contribution in [0.4, 0.5) is 0 Å². The number of hydrogen-bond acceptors (Lipinski definition) is 4. The molecule has 106 valence electrons. The van der Waals surface area contributed by atoms with Gasteiger partial charge in [0, 0.05) is 23.3 Å². The summed E-state index contributed by atoms with van der Waals surface area (Å²) in [7, 11) is 2.75. The van der Waals surface area contributed by atoms with E-state index in [9.17, 15) is 9.59 Å². The number of ether oxygens (including phenoxy) is 2. The SMILES string of the molecule is COC(=O)c1ccc2c(c1)[I+]c1cc(C(=O)OC)ccc1-2. The summed E-state index contributed by atoms with van der Waals surface area (Å²) in [6.07, 6.45) is 0. The zero-order valence-corrected chi connectivity index (χ0v) is 13.6. The zero-order valence-electron chi connectivity index (χ0n) is 11.5. The molecule has 0 saturated carbocycles. The van der Waals surface area contributed by atoms with Gasteiger partial charge >= 0.3 is 33.1 Å². The number of rotatable bonds is 2. The van der Waals surface area contributed by atoms with Crippen LogP contribution in [0.3, 0.4) is 0 Å². The Labute approximate surface area is 132 Å². The molecular weight excluding hydrogens is 383 g/mol. The topological polar surface area (TPSA) is 52.6 Å². The normalized spacial score (nSPS) is 11.5. The molecule has 2 aromatic rings. The van der Waals surface area contributed by atoms with Crippen molar-refractivity contribution in [2.75, 3.05) is 14.2 Å². The van der Waals surface area contributed by atoms with E-state index < -0.39 is 21.2 Å². The largest absolute Gasteiger partial charge is 0.465 e. The molecule has 0 aliphatic carbocycles. The van der Waals surface area contributed by atoms with E-state index in [0.29, 0.717) is 11.1 Å². The minimum absolute atomic E-state index is 0.326. The molecule has 3 rings (SSSR count). The van der Waals surface area contributed by atoms with Crippen LogP contribution in [0.15, 0.2) is 36.4 Å². The Morgan fingerprint density at radius 1 is 0.810 bits per heavy atom. The number of hydrogen-bond donors (Lipinski definition) is 0. The molecule has 1 aliphatic heterocycles. The van der Waals surface area contributed by atoms with Crippen molar-refractivity contribution in [3.05, 3.63) is 54.7 Å². The van der Waals surface area contributed by atoms with Crippen LogP contribution in [0.5, 0.6) is 0 Å². The maximum atomic E-state index is 11.6. The summed E-state index contributed by atoms with van der Waals surface area (Å²) in [6, 6.07) is 11.2. The molecule has 0 aromatic heterocycles. The van der Waals surface area contributed by atoms with Gasteiger partial charge in [-0.05, 0) is 24.3 Å². The van der Waals surface area contributed by atoms with Gasteiger partial charge < -0.3 is 9.47 Å². The highest BCUT2D eigenvalue weighted by molar-refractivity contribution is 5.91. The van der Waals surface area contributed by atoms with Gasteiger partial charge in [-0.25, -0.2) is 9.59 Å². The van der Waals surface area contributed by atoms with Crippen molar-refractivity contribution in [3.63, 3.8) is 0 Å². The second kappa shape index (κ2) is 5.48. The summed E-state index contributed by atoms with van der Waals surface area (Å²) in [6.45, 7) is 0. The smallest absolute Gasteiger partial charge is 0.359 e. The minimum Gasteiger partial charge on any atom is -0.465 e. The molecule has 1 aliphatic rings. The molecule has 4 nitrogen and oxygen atoms in total. The molecule has 21 heavy (non-hydrogen) atoms. The van der Waals surface area contributed by atoms with Crippen LogP contribution in [-0.2, 0) is 9.47 Å². The van der Waals surface area contributed by atoms with Gasteiger partial charge in [0.1, 0.15) is 0 Å². The summed E-state index contributed by atoms with van der Waals surface area (Å²) in [5.74, 6) is -0.652. The summed E-state index contributed by atoms with van der Waals surface area (Å²) in [5, 5.41) is 0. The second-order valence-electron chi connectivity index (χ2n) is 4.47. The third kappa shape index (κ3) is 2.42. The quantitative estimate of drug-likeness (QED) is 0.429. The van der Waals surface area contributed by atoms with Crippen molar-refractivity contribution in [2.45, 2.75) is 0 Å². The third-order valence-corrected chi connectivity index (χ3v) is 6.22. The number of fused-ring (bicyclic) bond motifs is 3. The molecule has 0 fully saturated rings. The fourth-order valence-corrected chi connectivity index (χ4v) is 5.35. The van der Waals surface area contributed by atoms with Crippen LogP contribution >= 0.6 is 0 Å². The Bertz CT molecular complexity index is 688. The lowest BCUT2D eigenvalue weighted by atomic mass is 10.0. The standard InChI is InChI=1S/C16H12IO4/c1-20-15(18)9-3-5-11-12-6-4-10(16(19)21-2)8-14(12)17-13(11)7-9/h3-8H,1-2H3/q+1. The fourth-order valence-electron chi connectivity index (χ4n) is 2.22. The molecule has 0 spiro atoms. The number of carbonyl (C=O) groups is 2. The van der Waals surface area contributed by atoms with Crippen LogP contribution in [0.2, 0.25) is 0 Å². The maximum Gasteiger partial charge on any atom is 0.359 e. The second-order valence-corrected chi connectivity index (χ2v) is 7.33. The lowest BCUT2D eigenvalue weighted by Gasteiger charge is -2.00. The average Bonchev–Trinajstić information content (AvgIpc) is 2.89. The van der Waals surface area contributed by atoms with E-state index in [0.717, 1.165) is 11.1 Å². The van der Waals surface area contributed by atoms with E-state index in [1.54, 1.807) is 12.1 Å². The lowest BCUT2D eigenvalue weighted by Crippen LogP contribution is -3.61. The van der Waals surface area contributed by atoms with Crippen molar-refractivity contribution in [2.24, 2.45) is 0 Å². The van der Waals surface area contributed by atoms with Gasteiger partial charge in [-0.3, -0.25) is 0 Å². The van der Waals surface area contributed by atoms with Gasteiger partial charge in [0.25, 0.3) is 0 Å². The molecule has 0 amide bonds. The van der Waals surface area contributed by atoms with Crippen LogP contribution in [0.25, 0.3) is 11.1 Å². The summed E-state index contributed by atoms with van der Waals surface area (Å²) >= 11 is -0.408. The Kier molecular flexibility index (Phi) is 3.67. The highest BCUT2D eigenvalue weighted by atomic mass is 127. The van der Waals surface area contributed by atoms with Gasteiger partial charge in [-0.1, -0.05) is 0 Å². The van der Waals surface area contributed by atoms with Gasteiger partial charge in [0.05, 0.1) is 25.3 Å². The van der Waals surface area contributed by atoms with E-state index in [1.165, 1.54) is 21.4 Å². The predicted octanol–water partition coefficient (Wildman–Crippen LogP) is -0.631. The first-order valence-corrected chi connectivity index (χ1v) is 8.39. The van der Waals surface area contributed by atoms with Crippen molar-refractivity contribution in [3.8, 4) is 11.1 Å². The Morgan fingerprint density at radius 3 is 1.62 bits per heavy atom. The summed E-state index contributed by atoms with van der Waals surface area (Å²) < 4.78 is 11.9. The molecule has 0 saturated heterocycles. The van der Waals surface area contributed by atoms with Crippen LogP contribution in [0, 0.1) is 7.14 Å². The highest BCUT2D eigenvalue weighted by Crippen LogP contribution is 2.24. The first kappa shape index (κ1) is 14.1. The summed E-state index contributed by atoms with van der Waals surface area (Å²) in [4.78, 5) is 23.2. The Morgan fingerprint density at radius 2 is 1.24 bits per heavy atom. The zero-order chi connectivity index (χ0) is 15.0. The predicted molar refractivity (Wildman–Crippen MR) is 72.0 cm³/mol. The third-order valence-electron chi connectivity index (χ3n) is 3.27. The summed E-state index contributed by atoms with van der Waals surface area (Å²) in [5.41, 5.74) is 3.41. The number of benzene rings is 2. The van der Waals surface area contributed by atoms with E-state index in [4.69, 9.17) is 9.47 Å². The molecule has 0 bridgehead atoms. The number of carbonyl (C=O) groups excluding carboxylic acids is 2. The van der Waals surface area contributed by atoms with Gasteiger partial charge in [-0.2, -0.15) is 0 Å². The van der Waals surface area contributed by atoms with Gasteiger partial charge in [-0.15, -0.1) is 0 Å². The van der Waals surface area contributed by atoms with Crippen molar-refractivity contribution in [1.82, 2.24) is 0 Å². The molecule has 0 N–H and O–H groups in total. The van der Waals surface area contributed by atoms with Gasteiger partial charge in [0.15, 0.2) is 0 Å². The van der Waals surface area contributed by atoms with Crippen molar-refractivity contribution < 1.29 is 40.3 Å². The van der Waals surface area contributed by atoms with E-state index in [1.807, 2.05) is 24.3 Å². The number of esters is 2. The molecule has 2 aromatic carbocycles. The molecular formula is C16H12IO4+. The monoisotopic (exact) mass is 395 g/mol. The average molecular weight is 395 g/mol. The number of methoxy groups -OCH3 is 2. The minimum atomic E-state index is -0.408. The van der Waals surface area contributed by atoms with Crippen molar-refractivity contribution >= 4 is 11.9 Å².